The Labute approximate surface area is 147 Å². The van der Waals surface area contributed by atoms with E-state index in [1.54, 1.807) is 18.3 Å². The summed E-state index contributed by atoms with van der Waals surface area (Å²) in [5, 5.41) is 1.04. The molecule has 3 aromatic heterocycles. The highest BCUT2D eigenvalue weighted by atomic mass is 35.5. The van der Waals surface area contributed by atoms with E-state index >= 15 is 0 Å². The minimum atomic E-state index is -2.82. The lowest BCUT2D eigenvalue weighted by Gasteiger charge is -2.09. The van der Waals surface area contributed by atoms with Gasteiger partial charge in [-0.05, 0) is 24.1 Å². The average molecular weight is 393 g/mol. The van der Waals surface area contributed by atoms with Crippen molar-refractivity contribution in [2.24, 2.45) is 0 Å². The third kappa shape index (κ3) is 4.07. The molecule has 0 aromatic carbocycles. The van der Waals surface area contributed by atoms with E-state index in [1.165, 1.54) is 0 Å². The Morgan fingerprint density at radius 1 is 1.28 bits per heavy atom. The fourth-order valence-electron chi connectivity index (χ4n) is 1.92. The van der Waals surface area contributed by atoms with E-state index in [2.05, 4.69) is 24.4 Å². The predicted molar refractivity (Wildman–Crippen MR) is 86.2 cm³/mol. The number of aromatic nitrogens is 3. The summed E-state index contributed by atoms with van der Waals surface area (Å²) in [6.07, 6.45) is -1.20. The largest absolute Gasteiger partial charge is 0.469 e. The third-order valence-corrected chi connectivity index (χ3v) is 4.07. The van der Waals surface area contributed by atoms with Crippen LogP contribution in [0.3, 0.4) is 0 Å². The zero-order valence-corrected chi connectivity index (χ0v) is 13.8. The predicted octanol–water partition coefficient (Wildman–Crippen LogP) is 4.65. The highest BCUT2D eigenvalue weighted by Crippen LogP contribution is 2.30. The fourth-order valence-corrected chi connectivity index (χ4v) is 2.82. The summed E-state index contributed by atoms with van der Waals surface area (Å²) in [4.78, 5) is 10.8. The normalized spacial score (nSPS) is 11.3. The number of rotatable bonds is 6. The number of hydrogen-bond acceptors (Lipinski definition) is 5. The number of anilines is 1. The quantitative estimate of drug-likeness (QED) is 0.363. The van der Waals surface area contributed by atoms with E-state index in [0.717, 1.165) is 23.4 Å². The molecular weight excluding hydrogens is 384 g/mol. The SMILES string of the molecule is Fc1cc(NSc2c[nH]c3nc(Cl)ccc23)c(F)nc1OCC(F)F. The van der Waals surface area contributed by atoms with Crippen LogP contribution in [0.1, 0.15) is 0 Å². The first kappa shape index (κ1) is 17.6. The highest BCUT2D eigenvalue weighted by Gasteiger charge is 2.16. The van der Waals surface area contributed by atoms with Crippen molar-refractivity contribution in [1.82, 2.24) is 15.0 Å². The maximum absolute atomic E-state index is 13.9. The van der Waals surface area contributed by atoms with Gasteiger partial charge in [0.25, 0.3) is 12.3 Å². The van der Waals surface area contributed by atoms with Crippen molar-refractivity contribution >= 4 is 40.3 Å². The number of hydrogen-bond donors (Lipinski definition) is 2. The first-order valence-electron chi connectivity index (χ1n) is 6.77. The smallest absolute Gasteiger partial charge is 0.272 e. The fraction of sp³-hybridized carbons (Fsp3) is 0.143. The zero-order valence-electron chi connectivity index (χ0n) is 12.2. The molecule has 0 amide bonds. The van der Waals surface area contributed by atoms with Gasteiger partial charge >= 0.3 is 0 Å². The van der Waals surface area contributed by atoms with Crippen molar-refractivity contribution in [2.75, 3.05) is 11.3 Å². The summed E-state index contributed by atoms with van der Waals surface area (Å²) in [6, 6.07) is 4.10. The summed E-state index contributed by atoms with van der Waals surface area (Å²) in [7, 11) is 0. The van der Waals surface area contributed by atoms with Gasteiger partial charge in [0.15, 0.2) is 12.4 Å². The van der Waals surface area contributed by atoms with Crippen LogP contribution in [0, 0.1) is 11.8 Å². The Kier molecular flexibility index (Phi) is 5.19. The Morgan fingerprint density at radius 3 is 2.84 bits per heavy atom. The molecule has 3 heterocycles. The van der Waals surface area contributed by atoms with Crippen molar-refractivity contribution < 1.29 is 22.3 Å². The van der Waals surface area contributed by atoms with E-state index in [-0.39, 0.29) is 5.69 Å². The van der Waals surface area contributed by atoms with Gasteiger partial charge in [-0.2, -0.15) is 9.37 Å². The molecule has 3 rings (SSSR count). The molecule has 132 valence electrons. The number of nitrogens with one attached hydrogen (secondary N) is 2. The lowest BCUT2D eigenvalue weighted by Crippen LogP contribution is -2.10. The van der Waals surface area contributed by atoms with Gasteiger partial charge in [-0.25, -0.2) is 18.2 Å². The monoisotopic (exact) mass is 392 g/mol. The molecule has 0 fully saturated rings. The number of aromatic amines is 1. The number of fused-ring (bicyclic) bond motifs is 1. The molecule has 0 unspecified atom stereocenters. The van der Waals surface area contributed by atoms with E-state index in [1.807, 2.05) is 0 Å². The summed E-state index contributed by atoms with van der Waals surface area (Å²) in [6.45, 7) is -1.07. The van der Waals surface area contributed by atoms with Crippen LogP contribution in [-0.4, -0.2) is 28.0 Å². The number of halogens is 5. The van der Waals surface area contributed by atoms with Gasteiger partial charge in [0.05, 0.1) is 4.90 Å². The molecule has 11 heteroatoms. The minimum absolute atomic E-state index is 0.261. The van der Waals surface area contributed by atoms with Crippen LogP contribution in [0.5, 0.6) is 5.88 Å². The highest BCUT2D eigenvalue weighted by molar-refractivity contribution is 8.00. The number of pyridine rings is 2. The standard InChI is InChI=1S/C14H9ClF4N4OS/c15-10-2-1-6-9(4-20-13(6)21-10)25-23-8-3-7(16)14(22-12(8)19)24-5-11(17)18/h1-4,11,23H,5H2,(H,20,21). The van der Waals surface area contributed by atoms with Crippen LogP contribution < -0.4 is 9.46 Å². The first-order valence-corrected chi connectivity index (χ1v) is 7.97. The Bertz CT molecular complexity index is 908. The van der Waals surface area contributed by atoms with Gasteiger partial charge in [0, 0.05) is 17.6 Å². The summed E-state index contributed by atoms with van der Waals surface area (Å²) < 4.78 is 58.8. The summed E-state index contributed by atoms with van der Waals surface area (Å²) >= 11 is 6.78. The summed E-state index contributed by atoms with van der Waals surface area (Å²) in [5.41, 5.74) is 0.278. The van der Waals surface area contributed by atoms with E-state index < -0.39 is 30.7 Å². The van der Waals surface area contributed by atoms with E-state index in [9.17, 15) is 17.6 Å². The van der Waals surface area contributed by atoms with Gasteiger partial charge < -0.3 is 14.4 Å². The molecule has 5 nitrogen and oxygen atoms in total. The first-order chi connectivity index (χ1) is 11.9. The van der Waals surface area contributed by atoms with Crippen LogP contribution in [-0.2, 0) is 0 Å². The molecule has 0 aliphatic heterocycles. The molecular formula is C14H9ClF4N4OS. The summed E-state index contributed by atoms with van der Waals surface area (Å²) in [5.74, 6) is -2.96. The van der Waals surface area contributed by atoms with Crippen molar-refractivity contribution in [3.63, 3.8) is 0 Å². The molecule has 0 spiro atoms. The second kappa shape index (κ2) is 7.36. The number of nitrogens with zero attached hydrogens (tertiary/aromatic N) is 2. The topological polar surface area (TPSA) is 62.8 Å². The Hall–Kier alpha value is -2.20. The van der Waals surface area contributed by atoms with Gasteiger partial charge in [-0.15, -0.1) is 0 Å². The van der Waals surface area contributed by atoms with Crippen LogP contribution in [0.15, 0.2) is 29.3 Å². The van der Waals surface area contributed by atoms with Crippen molar-refractivity contribution in [3.8, 4) is 5.88 Å². The molecule has 25 heavy (non-hydrogen) atoms. The van der Waals surface area contributed by atoms with Crippen LogP contribution in [0.25, 0.3) is 11.0 Å². The Balaban J connectivity index is 1.75. The van der Waals surface area contributed by atoms with E-state index in [0.29, 0.717) is 15.7 Å². The van der Waals surface area contributed by atoms with Crippen LogP contribution in [0.4, 0.5) is 23.2 Å². The van der Waals surface area contributed by atoms with Crippen molar-refractivity contribution in [3.05, 3.63) is 41.3 Å². The van der Waals surface area contributed by atoms with Gasteiger partial charge in [0.1, 0.15) is 16.5 Å². The zero-order chi connectivity index (χ0) is 18.0. The van der Waals surface area contributed by atoms with Crippen molar-refractivity contribution in [2.45, 2.75) is 11.3 Å². The van der Waals surface area contributed by atoms with Gasteiger partial charge in [-0.1, -0.05) is 11.6 Å². The van der Waals surface area contributed by atoms with Crippen LogP contribution >= 0.6 is 23.5 Å². The number of ether oxygens (including phenoxy) is 1. The second-order valence-corrected chi connectivity index (χ2v) is 5.94. The molecule has 3 aromatic rings. The molecule has 2 N–H and O–H groups in total. The van der Waals surface area contributed by atoms with Crippen LogP contribution in [0.2, 0.25) is 5.15 Å². The molecule has 0 aliphatic rings. The molecule has 0 saturated carbocycles. The number of alkyl halides is 2. The van der Waals surface area contributed by atoms with E-state index in [4.69, 9.17) is 11.6 Å². The lowest BCUT2D eigenvalue weighted by molar-refractivity contribution is 0.0768. The van der Waals surface area contributed by atoms with Crippen molar-refractivity contribution in [1.29, 1.82) is 0 Å². The average Bonchev–Trinajstić information content (AvgIpc) is 2.95. The minimum Gasteiger partial charge on any atom is -0.469 e. The molecule has 0 aliphatic carbocycles. The maximum atomic E-state index is 13.9. The molecule has 0 radical (unpaired) electrons. The molecule has 0 atom stereocenters. The molecule has 0 saturated heterocycles. The molecule has 0 bridgehead atoms. The van der Waals surface area contributed by atoms with Gasteiger partial charge in [-0.3, -0.25) is 0 Å². The Morgan fingerprint density at radius 2 is 2.08 bits per heavy atom. The van der Waals surface area contributed by atoms with Gasteiger partial charge in [0.2, 0.25) is 5.95 Å². The second-order valence-electron chi connectivity index (χ2n) is 4.70. The number of H-pyrrole nitrogens is 1. The third-order valence-electron chi connectivity index (χ3n) is 2.98. The maximum Gasteiger partial charge on any atom is 0.272 e. The lowest BCUT2D eigenvalue weighted by atomic mass is 10.3.